The van der Waals surface area contributed by atoms with Crippen LogP contribution < -0.4 is 5.32 Å². The molecular weight excluding hydrogens is 432 g/mol. The maximum Gasteiger partial charge on any atom is 0.276 e. The van der Waals surface area contributed by atoms with E-state index >= 15 is 0 Å². The van der Waals surface area contributed by atoms with Gasteiger partial charge in [0.1, 0.15) is 5.58 Å². The Kier molecular flexibility index (Phi) is 6.14. The van der Waals surface area contributed by atoms with E-state index in [-0.39, 0.29) is 17.7 Å². The van der Waals surface area contributed by atoms with Gasteiger partial charge < -0.3 is 19.4 Å². The topological polar surface area (TPSA) is 89.6 Å². The minimum absolute atomic E-state index is 0.131. The first-order valence-electron chi connectivity index (χ1n) is 11.3. The monoisotopic (exact) mass is 458 g/mol. The summed E-state index contributed by atoms with van der Waals surface area (Å²) in [7, 11) is 1.75. The number of rotatable bonds is 5. The molecule has 8 heteroatoms. The summed E-state index contributed by atoms with van der Waals surface area (Å²) in [6.07, 6.45) is 4.17. The number of carbonyl (C=O) groups is 2. The van der Waals surface area contributed by atoms with Crippen molar-refractivity contribution in [2.75, 3.05) is 31.6 Å². The van der Waals surface area contributed by atoms with Gasteiger partial charge in [0.15, 0.2) is 5.69 Å². The Morgan fingerprint density at radius 3 is 2.88 bits per heavy atom. The second-order valence-corrected chi connectivity index (χ2v) is 8.56. The number of furan rings is 1. The van der Waals surface area contributed by atoms with Crippen LogP contribution >= 0.6 is 0 Å². The largest absolute Gasteiger partial charge is 0.464 e. The number of nitrogens with zero attached hydrogens (tertiary/aromatic N) is 3. The Hall–Kier alpha value is -3.91. The highest BCUT2D eigenvalue weighted by Crippen LogP contribution is 2.23. The van der Waals surface area contributed by atoms with Crippen molar-refractivity contribution in [1.29, 1.82) is 0 Å². The first-order chi connectivity index (χ1) is 16.6. The van der Waals surface area contributed by atoms with Crippen LogP contribution in [0.1, 0.15) is 26.4 Å². The molecule has 1 N–H and O–H groups in total. The first kappa shape index (κ1) is 21.9. The molecule has 1 saturated heterocycles. The van der Waals surface area contributed by atoms with Crippen molar-refractivity contribution in [3.05, 3.63) is 83.9 Å². The third-order valence-electron chi connectivity index (χ3n) is 6.02. The van der Waals surface area contributed by atoms with Crippen molar-refractivity contribution >= 4 is 28.5 Å². The van der Waals surface area contributed by atoms with Crippen molar-refractivity contribution in [2.24, 2.45) is 13.0 Å². The smallest absolute Gasteiger partial charge is 0.276 e. The average Bonchev–Trinajstić information content (AvgIpc) is 3.42. The molecule has 2 amide bonds. The van der Waals surface area contributed by atoms with Crippen LogP contribution in [0.15, 0.2) is 71.5 Å². The molecule has 3 heterocycles. The number of amides is 2. The molecule has 0 aliphatic carbocycles. The van der Waals surface area contributed by atoms with Crippen molar-refractivity contribution in [3.8, 4) is 0 Å². The molecule has 1 aliphatic rings. The summed E-state index contributed by atoms with van der Waals surface area (Å²) in [6.45, 7) is 2.12. The molecule has 1 atom stereocenters. The summed E-state index contributed by atoms with van der Waals surface area (Å²) in [4.78, 5) is 28.0. The van der Waals surface area contributed by atoms with Crippen LogP contribution in [0.4, 0.5) is 5.69 Å². The second kappa shape index (κ2) is 9.52. The molecule has 0 saturated carbocycles. The van der Waals surface area contributed by atoms with Gasteiger partial charge in [0, 0.05) is 37.6 Å². The summed E-state index contributed by atoms with van der Waals surface area (Å²) in [5.74, 6) is -0.339. The van der Waals surface area contributed by atoms with Crippen LogP contribution in [0, 0.1) is 5.92 Å². The van der Waals surface area contributed by atoms with E-state index in [1.54, 1.807) is 54.5 Å². The molecule has 1 fully saturated rings. The maximum absolute atomic E-state index is 13.5. The first-order valence-corrected chi connectivity index (χ1v) is 11.3. The highest BCUT2D eigenvalue weighted by atomic mass is 16.5. The number of aryl methyl sites for hydroxylation is 1. The zero-order valence-corrected chi connectivity index (χ0v) is 18.9. The summed E-state index contributed by atoms with van der Waals surface area (Å²) >= 11 is 0. The lowest BCUT2D eigenvalue weighted by atomic mass is 9.98. The lowest BCUT2D eigenvalue weighted by Crippen LogP contribution is -2.37. The van der Waals surface area contributed by atoms with Gasteiger partial charge in [-0.3, -0.25) is 14.3 Å². The number of hydrogen-bond donors (Lipinski definition) is 1. The maximum atomic E-state index is 13.5. The fourth-order valence-electron chi connectivity index (χ4n) is 4.32. The molecule has 0 bridgehead atoms. The fourth-order valence-corrected chi connectivity index (χ4v) is 4.32. The molecule has 0 spiro atoms. The van der Waals surface area contributed by atoms with Gasteiger partial charge in [-0.05, 0) is 42.3 Å². The van der Waals surface area contributed by atoms with Crippen LogP contribution in [-0.2, 0) is 18.2 Å². The van der Waals surface area contributed by atoms with E-state index < -0.39 is 0 Å². The summed E-state index contributed by atoms with van der Waals surface area (Å²) in [5, 5.41) is 8.04. The third-order valence-corrected chi connectivity index (χ3v) is 6.02. The second-order valence-electron chi connectivity index (χ2n) is 8.56. The third kappa shape index (κ3) is 4.72. The van der Waals surface area contributed by atoms with E-state index in [2.05, 4.69) is 28.6 Å². The minimum atomic E-state index is -0.355. The lowest BCUT2D eigenvalue weighted by Gasteiger charge is -2.25. The number of fused-ring (bicyclic) bond motifs is 1. The number of ether oxygens (including phenoxy) is 1. The highest BCUT2D eigenvalue weighted by Gasteiger charge is 2.26. The highest BCUT2D eigenvalue weighted by molar-refractivity contribution is 6.08. The van der Waals surface area contributed by atoms with Gasteiger partial charge in [-0.25, -0.2) is 0 Å². The molecule has 4 aromatic rings. The Morgan fingerprint density at radius 1 is 1.15 bits per heavy atom. The zero-order chi connectivity index (χ0) is 23.5. The molecule has 2 aromatic heterocycles. The van der Waals surface area contributed by atoms with Crippen LogP contribution in [0.25, 0.3) is 11.0 Å². The van der Waals surface area contributed by atoms with Crippen LogP contribution in [0.3, 0.4) is 0 Å². The Balaban J connectivity index is 1.31. The number of aromatic nitrogens is 2. The average molecular weight is 459 g/mol. The van der Waals surface area contributed by atoms with Crippen molar-refractivity contribution in [3.63, 3.8) is 0 Å². The predicted molar refractivity (Wildman–Crippen MR) is 128 cm³/mol. The van der Waals surface area contributed by atoms with E-state index in [4.69, 9.17) is 9.15 Å². The number of hydrogen-bond acceptors (Lipinski definition) is 5. The minimum Gasteiger partial charge on any atom is -0.464 e. The molecule has 1 aliphatic heterocycles. The molecule has 5 rings (SSSR count). The fraction of sp³-hybridized carbons (Fsp3) is 0.269. The van der Waals surface area contributed by atoms with Gasteiger partial charge in [0.2, 0.25) is 0 Å². The van der Waals surface area contributed by atoms with Gasteiger partial charge in [-0.15, -0.1) is 0 Å². The molecule has 0 radical (unpaired) electrons. The summed E-state index contributed by atoms with van der Waals surface area (Å²) in [6, 6.07) is 16.8. The number of benzene rings is 2. The molecule has 34 heavy (non-hydrogen) atoms. The van der Waals surface area contributed by atoms with E-state index in [1.165, 1.54) is 0 Å². The van der Waals surface area contributed by atoms with E-state index in [0.29, 0.717) is 43.2 Å². The van der Waals surface area contributed by atoms with Crippen molar-refractivity contribution in [1.82, 2.24) is 14.7 Å². The standard InChI is InChI=1S/C26H26N4O4/c1-29-10-8-23(28-29)25(31)27-22-5-3-2-4-21(22)26(32)30-11-13-33-17-19(16-30)14-18-6-7-20-9-12-34-24(20)15-18/h2-10,12,15,19H,11,13-14,16-17H2,1H3,(H,27,31)/t19-/m0/s1. The normalized spacial score (nSPS) is 16.4. The molecule has 0 unspecified atom stereocenters. The number of para-hydroxylation sites is 1. The number of nitrogens with one attached hydrogen (secondary N) is 1. The van der Waals surface area contributed by atoms with Crippen molar-refractivity contribution in [2.45, 2.75) is 6.42 Å². The lowest BCUT2D eigenvalue weighted by molar-refractivity contribution is 0.0738. The Morgan fingerprint density at radius 2 is 2.03 bits per heavy atom. The molecule has 8 nitrogen and oxygen atoms in total. The summed E-state index contributed by atoms with van der Waals surface area (Å²) < 4.78 is 12.9. The quantitative estimate of drug-likeness (QED) is 0.492. The Bertz CT molecular complexity index is 1330. The van der Waals surface area contributed by atoms with Gasteiger partial charge in [0.05, 0.1) is 30.7 Å². The van der Waals surface area contributed by atoms with Gasteiger partial charge in [-0.1, -0.05) is 24.3 Å². The number of anilines is 1. The number of carbonyl (C=O) groups excluding carboxylic acids is 2. The van der Waals surface area contributed by atoms with E-state index in [1.807, 2.05) is 11.0 Å². The van der Waals surface area contributed by atoms with Gasteiger partial charge in [-0.2, -0.15) is 5.10 Å². The molecule has 2 aromatic carbocycles. The Labute approximate surface area is 197 Å². The van der Waals surface area contributed by atoms with Crippen LogP contribution in [0.5, 0.6) is 0 Å². The van der Waals surface area contributed by atoms with E-state index in [9.17, 15) is 9.59 Å². The summed E-state index contributed by atoms with van der Waals surface area (Å²) in [5.41, 5.74) is 3.21. The predicted octanol–water partition coefficient (Wildman–Crippen LogP) is 3.75. The van der Waals surface area contributed by atoms with Crippen LogP contribution in [0.2, 0.25) is 0 Å². The van der Waals surface area contributed by atoms with Gasteiger partial charge in [0.25, 0.3) is 11.8 Å². The zero-order valence-electron chi connectivity index (χ0n) is 18.9. The van der Waals surface area contributed by atoms with Crippen molar-refractivity contribution < 1.29 is 18.7 Å². The van der Waals surface area contributed by atoms with E-state index in [0.717, 1.165) is 23.0 Å². The molecule has 174 valence electrons. The molecular formula is C26H26N4O4. The van der Waals surface area contributed by atoms with Gasteiger partial charge >= 0.3 is 0 Å². The SMILES string of the molecule is Cn1ccc(C(=O)Nc2ccccc2C(=O)N2CCOC[C@@H](Cc3ccc4ccoc4c3)C2)n1. The van der Waals surface area contributed by atoms with Crippen LogP contribution in [-0.4, -0.2) is 52.8 Å².